The minimum absolute atomic E-state index is 0. The van der Waals surface area contributed by atoms with Crippen LogP contribution in [0.15, 0.2) is 30.3 Å². The number of carbonyl (C=O) groups is 1. The number of hydrogen-bond donors (Lipinski definition) is 2. The summed E-state index contributed by atoms with van der Waals surface area (Å²) < 4.78 is 0. The molecule has 0 heterocycles. The van der Waals surface area contributed by atoms with Gasteiger partial charge in [-0.15, -0.1) is 12.4 Å². The lowest BCUT2D eigenvalue weighted by atomic mass is 9.95. The molecule has 16 heavy (non-hydrogen) atoms. The van der Waals surface area contributed by atoms with Gasteiger partial charge >= 0.3 is 5.97 Å². The van der Waals surface area contributed by atoms with Gasteiger partial charge in [0.25, 0.3) is 0 Å². The van der Waals surface area contributed by atoms with E-state index < -0.39 is 5.97 Å². The van der Waals surface area contributed by atoms with Crippen LogP contribution in [-0.4, -0.2) is 11.1 Å². The first-order valence-corrected chi connectivity index (χ1v) is 4.70. The smallest absolute Gasteiger partial charge is 0.328 e. The molecule has 0 saturated carbocycles. The van der Waals surface area contributed by atoms with Gasteiger partial charge < -0.3 is 10.8 Å². The Kier molecular flexibility index (Phi) is 5.21. The maximum atomic E-state index is 10.3. The Morgan fingerprint density at radius 1 is 1.31 bits per heavy atom. The van der Waals surface area contributed by atoms with Crippen molar-refractivity contribution in [1.29, 1.82) is 0 Å². The van der Waals surface area contributed by atoms with Gasteiger partial charge in [0.2, 0.25) is 0 Å². The number of halogens is 1. The van der Waals surface area contributed by atoms with Gasteiger partial charge in [-0.3, -0.25) is 0 Å². The van der Waals surface area contributed by atoms with Crippen molar-refractivity contribution in [3.63, 3.8) is 0 Å². The molecule has 4 heteroatoms. The summed E-state index contributed by atoms with van der Waals surface area (Å²) in [6, 6.07) is 7.51. The first-order valence-electron chi connectivity index (χ1n) is 4.70. The Morgan fingerprint density at radius 3 is 2.19 bits per heavy atom. The van der Waals surface area contributed by atoms with Gasteiger partial charge in [0.05, 0.1) is 0 Å². The fraction of sp³-hybridized carbons (Fsp3) is 0.250. The van der Waals surface area contributed by atoms with Crippen LogP contribution in [0.5, 0.6) is 0 Å². The first-order chi connectivity index (χ1) is 6.89. The highest BCUT2D eigenvalue weighted by Crippen LogP contribution is 2.17. The minimum atomic E-state index is -0.946. The molecule has 1 aromatic carbocycles. The van der Waals surface area contributed by atoms with Crippen LogP contribution >= 0.6 is 12.4 Å². The van der Waals surface area contributed by atoms with Crippen LogP contribution in [0.4, 0.5) is 0 Å². The number of nitrogens with two attached hydrogens (primary N) is 1. The minimum Gasteiger partial charge on any atom is -0.478 e. The van der Waals surface area contributed by atoms with E-state index in [1.54, 1.807) is 6.08 Å². The number of carboxylic acids is 1. The molecule has 3 N–H and O–H groups in total. The van der Waals surface area contributed by atoms with Crippen LogP contribution in [0.25, 0.3) is 6.08 Å². The standard InChI is InChI=1S/C12H15NO2.ClH/c1-12(2,13)10-6-3-9(4-7-10)5-8-11(14)15;/h3-8H,13H2,1-2H3,(H,14,15);1H/b8-5+;. The van der Waals surface area contributed by atoms with Gasteiger partial charge in [0, 0.05) is 11.6 Å². The molecule has 0 bridgehead atoms. The van der Waals surface area contributed by atoms with E-state index in [0.29, 0.717) is 0 Å². The second-order valence-corrected chi connectivity index (χ2v) is 4.02. The maximum absolute atomic E-state index is 10.3. The van der Waals surface area contributed by atoms with Crippen LogP contribution in [-0.2, 0) is 10.3 Å². The van der Waals surface area contributed by atoms with E-state index in [-0.39, 0.29) is 17.9 Å². The zero-order valence-corrected chi connectivity index (χ0v) is 10.1. The molecule has 1 rings (SSSR count). The van der Waals surface area contributed by atoms with Crippen LogP contribution in [0.3, 0.4) is 0 Å². The largest absolute Gasteiger partial charge is 0.478 e. The molecule has 0 atom stereocenters. The van der Waals surface area contributed by atoms with Crippen molar-refractivity contribution < 1.29 is 9.90 Å². The van der Waals surface area contributed by atoms with Crippen molar-refractivity contribution in [3.05, 3.63) is 41.5 Å². The Morgan fingerprint density at radius 2 is 1.81 bits per heavy atom. The number of carboxylic acid groups (broad SMARTS) is 1. The fourth-order valence-electron chi connectivity index (χ4n) is 1.19. The highest BCUT2D eigenvalue weighted by Gasteiger charge is 2.12. The summed E-state index contributed by atoms with van der Waals surface area (Å²) in [7, 11) is 0. The molecule has 3 nitrogen and oxygen atoms in total. The molecule has 0 fully saturated rings. The highest BCUT2D eigenvalue weighted by molar-refractivity contribution is 5.85. The lowest BCUT2D eigenvalue weighted by molar-refractivity contribution is -0.131. The van der Waals surface area contributed by atoms with Gasteiger partial charge in [-0.2, -0.15) is 0 Å². The first kappa shape index (κ1) is 14.7. The third kappa shape index (κ3) is 4.47. The summed E-state index contributed by atoms with van der Waals surface area (Å²) >= 11 is 0. The molecule has 88 valence electrons. The van der Waals surface area contributed by atoms with E-state index >= 15 is 0 Å². The van der Waals surface area contributed by atoms with Crippen LogP contribution in [0.2, 0.25) is 0 Å². The second kappa shape index (κ2) is 5.68. The molecule has 0 unspecified atom stereocenters. The predicted octanol–water partition coefficient (Wildman–Crippen LogP) is 2.40. The Hall–Kier alpha value is -1.32. The molecule has 0 aliphatic carbocycles. The number of benzene rings is 1. The van der Waals surface area contributed by atoms with Gasteiger partial charge in [-0.05, 0) is 31.1 Å². The van der Waals surface area contributed by atoms with Crippen molar-refractivity contribution in [2.45, 2.75) is 19.4 Å². The van der Waals surface area contributed by atoms with Crippen molar-refractivity contribution in [1.82, 2.24) is 0 Å². The highest BCUT2D eigenvalue weighted by atomic mass is 35.5. The monoisotopic (exact) mass is 241 g/mol. The summed E-state index contributed by atoms with van der Waals surface area (Å²) in [5.41, 5.74) is 7.43. The quantitative estimate of drug-likeness (QED) is 0.799. The SMILES string of the molecule is CC(C)(N)c1ccc(/C=C/C(=O)O)cc1.Cl. The molecule has 0 spiro atoms. The number of aliphatic carboxylic acids is 1. The van der Waals surface area contributed by atoms with E-state index in [9.17, 15) is 4.79 Å². The molecular formula is C12H16ClNO2. The van der Waals surface area contributed by atoms with Gasteiger partial charge in [-0.25, -0.2) is 4.79 Å². The van der Waals surface area contributed by atoms with Crippen molar-refractivity contribution in [2.24, 2.45) is 5.73 Å². The van der Waals surface area contributed by atoms with Gasteiger partial charge in [0.15, 0.2) is 0 Å². The Labute approximate surface area is 101 Å². The predicted molar refractivity (Wildman–Crippen MR) is 67.6 cm³/mol. The third-order valence-corrected chi connectivity index (χ3v) is 2.07. The average molecular weight is 242 g/mol. The second-order valence-electron chi connectivity index (χ2n) is 4.02. The maximum Gasteiger partial charge on any atom is 0.328 e. The van der Waals surface area contributed by atoms with Crippen LogP contribution in [0.1, 0.15) is 25.0 Å². The van der Waals surface area contributed by atoms with Crippen LogP contribution in [0, 0.1) is 0 Å². The molecule has 0 amide bonds. The lowest BCUT2D eigenvalue weighted by Gasteiger charge is -2.18. The Balaban J connectivity index is 0.00000225. The summed E-state index contributed by atoms with van der Waals surface area (Å²) in [5, 5.41) is 8.45. The summed E-state index contributed by atoms with van der Waals surface area (Å²) in [6.07, 6.45) is 2.66. The van der Waals surface area contributed by atoms with Crippen LogP contribution < -0.4 is 5.73 Å². The fourth-order valence-corrected chi connectivity index (χ4v) is 1.19. The summed E-state index contributed by atoms with van der Waals surface area (Å²) in [5.74, 6) is -0.946. The van der Waals surface area contributed by atoms with Crippen molar-refractivity contribution >= 4 is 24.5 Å². The van der Waals surface area contributed by atoms with E-state index in [1.807, 2.05) is 38.1 Å². The molecule has 0 aromatic heterocycles. The topological polar surface area (TPSA) is 63.3 Å². The Bertz CT molecular complexity index is 377. The number of hydrogen-bond acceptors (Lipinski definition) is 2. The van der Waals surface area contributed by atoms with Crippen molar-refractivity contribution in [3.8, 4) is 0 Å². The summed E-state index contributed by atoms with van der Waals surface area (Å²) in [4.78, 5) is 10.3. The van der Waals surface area contributed by atoms with Gasteiger partial charge in [0.1, 0.15) is 0 Å². The molecular weight excluding hydrogens is 226 g/mol. The summed E-state index contributed by atoms with van der Waals surface area (Å²) in [6.45, 7) is 3.85. The third-order valence-electron chi connectivity index (χ3n) is 2.07. The normalized spacial score (nSPS) is 11.2. The molecule has 0 aliphatic heterocycles. The molecule has 0 aliphatic rings. The van der Waals surface area contributed by atoms with E-state index in [0.717, 1.165) is 17.2 Å². The molecule has 0 saturated heterocycles. The lowest BCUT2D eigenvalue weighted by Crippen LogP contribution is -2.28. The van der Waals surface area contributed by atoms with Gasteiger partial charge in [-0.1, -0.05) is 24.3 Å². The van der Waals surface area contributed by atoms with E-state index in [2.05, 4.69) is 0 Å². The van der Waals surface area contributed by atoms with Crippen molar-refractivity contribution in [2.75, 3.05) is 0 Å². The zero-order valence-electron chi connectivity index (χ0n) is 9.31. The average Bonchev–Trinajstić information content (AvgIpc) is 2.14. The van der Waals surface area contributed by atoms with E-state index in [1.165, 1.54) is 0 Å². The molecule has 0 radical (unpaired) electrons. The molecule has 1 aromatic rings. The zero-order chi connectivity index (χ0) is 11.5. The van der Waals surface area contributed by atoms with E-state index in [4.69, 9.17) is 10.8 Å². The number of rotatable bonds is 3.